The molecule has 0 bridgehead atoms. The van der Waals surface area contributed by atoms with Crippen molar-refractivity contribution in [3.05, 3.63) is 77.4 Å². The van der Waals surface area contributed by atoms with Crippen molar-refractivity contribution in [1.29, 1.82) is 0 Å². The minimum atomic E-state index is -0.277. The van der Waals surface area contributed by atoms with Crippen molar-refractivity contribution in [3.63, 3.8) is 0 Å². The molecule has 1 heterocycles. The fourth-order valence-corrected chi connectivity index (χ4v) is 2.88. The zero-order chi connectivity index (χ0) is 19.9. The molecule has 1 aromatic heterocycles. The smallest absolute Gasteiger partial charge is 0.226 e. The van der Waals surface area contributed by atoms with Gasteiger partial charge in [0.15, 0.2) is 5.96 Å². The van der Waals surface area contributed by atoms with Gasteiger partial charge in [-0.1, -0.05) is 29.8 Å². The Balaban J connectivity index is 0.00000300. The van der Waals surface area contributed by atoms with E-state index in [2.05, 4.69) is 51.4 Å². The van der Waals surface area contributed by atoms with Crippen LogP contribution in [0.25, 0.3) is 11.5 Å². The summed E-state index contributed by atoms with van der Waals surface area (Å²) in [6, 6.07) is 14.6. The Morgan fingerprint density at radius 3 is 2.48 bits per heavy atom. The summed E-state index contributed by atoms with van der Waals surface area (Å²) >= 11 is 0. The Hall–Kier alpha value is -2.42. The van der Waals surface area contributed by atoms with Crippen molar-refractivity contribution in [1.82, 2.24) is 15.2 Å². The number of benzene rings is 2. The van der Waals surface area contributed by atoms with Crippen LogP contribution < -0.4 is 5.32 Å². The van der Waals surface area contributed by atoms with E-state index in [1.165, 1.54) is 23.3 Å². The summed E-state index contributed by atoms with van der Waals surface area (Å²) in [6.45, 7) is 3.54. The van der Waals surface area contributed by atoms with Gasteiger partial charge in [0.1, 0.15) is 12.1 Å². The number of oxazole rings is 1. The molecule has 1 N–H and O–H groups in total. The van der Waals surface area contributed by atoms with Crippen LogP contribution in [0.15, 0.2) is 64.2 Å². The first kappa shape index (κ1) is 22.9. The van der Waals surface area contributed by atoms with Gasteiger partial charge >= 0.3 is 0 Å². The molecule has 2 aromatic carbocycles. The van der Waals surface area contributed by atoms with Crippen LogP contribution in [0.2, 0.25) is 0 Å². The van der Waals surface area contributed by atoms with Crippen molar-refractivity contribution >= 4 is 29.9 Å². The summed E-state index contributed by atoms with van der Waals surface area (Å²) < 4.78 is 18.5. The number of aliphatic imine (C=N–C) groups is 1. The molecule has 0 aliphatic rings. The zero-order valence-corrected chi connectivity index (χ0v) is 19.2. The quantitative estimate of drug-likeness (QED) is 0.299. The minimum Gasteiger partial charge on any atom is -0.444 e. The van der Waals surface area contributed by atoms with E-state index in [1.807, 2.05) is 7.05 Å². The van der Waals surface area contributed by atoms with Gasteiger partial charge in [0.25, 0.3) is 0 Å². The molecule has 0 amide bonds. The lowest BCUT2D eigenvalue weighted by Crippen LogP contribution is -2.39. The molecular formula is C22H26FIN4O. The maximum absolute atomic E-state index is 13.0. The summed E-state index contributed by atoms with van der Waals surface area (Å²) in [6.07, 6.45) is 2.33. The lowest BCUT2D eigenvalue weighted by molar-refractivity contribution is 0.477. The van der Waals surface area contributed by atoms with Crippen molar-refractivity contribution in [2.24, 2.45) is 4.99 Å². The van der Waals surface area contributed by atoms with Crippen molar-refractivity contribution in [2.45, 2.75) is 19.9 Å². The summed E-state index contributed by atoms with van der Waals surface area (Å²) in [7, 11) is 3.79. The van der Waals surface area contributed by atoms with Crippen LogP contribution in [0.5, 0.6) is 0 Å². The average molecular weight is 508 g/mol. The number of halogens is 2. The van der Waals surface area contributed by atoms with Crippen LogP contribution in [-0.4, -0.2) is 36.5 Å². The topological polar surface area (TPSA) is 53.7 Å². The Bertz CT molecular complexity index is 923. The molecule has 5 nitrogen and oxygen atoms in total. The Labute approximate surface area is 188 Å². The predicted molar refractivity (Wildman–Crippen MR) is 125 cm³/mol. The third-order valence-corrected chi connectivity index (χ3v) is 4.42. The standard InChI is InChI=1S/C22H25FN4O.HI/c1-16-4-6-17(7-5-16)14-27(3)22(24-2)25-13-12-20-15-28-21(26-20)18-8-10-19(23)11-9-18;/h4-11,15H,12-14H2,1-3H3,(H,24,25);1H. The second-order valence-electron chi connectivity index (χ2n) is 6.72. The number of guanidine groups is 1. The second-order valence-corrected chi connectivity index (χ2v) is 6.72. The molecule has 0 radical (unpaired) electrons. The van der Waals surface area contributed by atoms with Gasteiger partial charge in [0.2, 0.25) is 5.89 Å². The van der Waals surface area contributed by atoms with E-state index in [9.17, 15) is 4.39 Å². The Kier molecular flexibility index (Phi) is 8.63. The first-order chi connectivity index (χ1) is 13.5. The lowest BCUT2D eigenvalue weighted by atomic mass is 10.1. The van der Waals surface area contributed by atoms with E-state index in [4.69, 9.17) is 4.42 Å². The molecule has 29 heavy (non-hydrogen) atoms. The SMILES string of the molecule is CN=C(NCCc1coc(-c2ccc(F)cc2)n1)N(C)Cc1ccc(C)cc1.I. The fraction of sp³-hybridized carbons (Fsp3) is 0.273. The van der Waals surface area contributed by atoms with E-state index < -0.39 is 0 Å². The van der Waals surface area contributed by atoms with Gasteiger partial charge in [-0.25, -0.2) is 9.37 Å². The van der Waals surface area contributed by atoms with Crippen LogP contribution >= 0.6 is 24.0 Å². The zero-order valence-electron chi connectivity index (χ0n) is 16.9. The van der Waals surface area contributed by atoms with E-state index in [-0.39, 0.29) is 29.8 Å². The van der Waals surface area contributed by atoms with Gasteiger partial charge < -0.3 is 14.6 Å². The van der Waals surface area contributed by atoms with Gasteiger partial charge in [-0.15, -0.1) is 24.0 Å². The number of hydrogen-bond donors (Lipinski definition) is 1. The summed E-state index contributed by atoms with van der Waals surface area (Å²) in [5, 5.41) is 3.35. The third-order valence-electron chi connectivity index (χ3n) is 4.42. The predicted octanol–water partition coefficient (Wildman–Crippen LogP) is 4.66. The van der Waals surface area contributed by atoms with E-state index >= 15 is 0 Å². The Morgan fingerprint density at radius 1 is 1.14 bits per heavy atom. The molecule has 0 aliphatic heterocycles. The third kappa shape index (κ3) is 6.56. The molecule has 0 atom stereocenters. The molecule has 0 unspecified atom stereocenters. The van der Waals surface area contributed by atoms with Crippen molar-refractivity contribution in [2.75, 3.05) is 20.6 Å². The first-order valence-corrected chi connectivity index (χ1v) is 9.23. The van der Waals surface area contributed by atoms with Gasteiger partial charge in [0, 0.05) is 39.2 Å². The Morgan fingerprint density at radius 2 is 1.83 bits per heavy atom. The highest BCUT2D eigenvalue weighted by Crippen LogP contribution is 2.19. The number of hydrogen-bond acceptors (Lipinski definition) is 3. The summed E-state index contributed by atoms with van der Waals surface area (Å²) in [4.78, 5) is 10.9. The van der Waals surface area contributed by atoms with E-state index in [0.717, 1.165) is 23.8 Å². The van der Waals surface area contributed by atoms with E-state index in [0.29, 0.717) is 18.9 Å². The summed E-state index contributed by atoms with van der Waals surface area (Å²) in [5.41, 5.74) is 4.08. The molecule has 0 saturated heterocycles. The molecular weight excluding hydrogens is 482 g/mol. The molecule has 7 heteroatoms. The number of rotatable bonds is 6. The van der Waals surface area contributed by atoms with Crippen LogP contribution in [0.1, 0.15) is 16.8 Å². The second kappa shape index (κ2) is 10.9. The van der Waals surface area contributed by atoms with Gasteiger partial charge in [-0.2, -0.15) is 0 Å². The number of aromatic nitrogens is 1. The first-order valence-electron chi connectivity index (χ1n) is 9.23. The van der Waals surface area contributed by atoms with E-state index in [1.54, 1.807) is 25.4 Å². The molecule has 3 aromatic rings. The maximum Gasteiger partial charge on any atom is 0.226 e. The number of nitrogens with one attached hydrogen (secondary N) is 1. The molecule has 0 saturated carbocycles. The van der Waals surface area contributed by atoms with Crippen molar-refractivity contribution in [3.8, 4) is 11.5 Å². The maximum atomic E-state index is 13.0. The van der Waals surface area contributed by atoms with Crippen LogP contribution in [0, 0.1) is 12.7 Å². The molecule has 154 valence electrons. The normalized spacial score (nSPS) is 11.1. The lowest BCUT2D eigenvalue weighted by Gasteiger charge is -2.22. The van der Waals surface area contributed by atoms with Gasteiger partial charge in [-0.05, 0) is 36.8 Å². The van der Waals surface area contributed by atoms with Crippen LogP contribution in [0.3, 0.4) is 0 Å². The average Bonchev–Trinajstić information content (AvgIpc) is 3.16. The number of aryl methyl sites for hydroxylation is 1. The van der Waals surface area contributed by atoms with Gasteiger partial charge in [-0.3, -0.25) is 4.99 Å². The minimum absolute atomic E-state index is 0. The monoisotopic (exact) mass is 508 g/mol. The molecule has 0 aliphatic carbocycles. The molecule has 0 fully saturated rings. The highest BCUT2D eigenvalue weighted by atomic mass is 127. The van der Waals surface area contributed by atoms with Crippen LogP contribution in [-0.2, 0) is 13.0 Å². The highest BCUT2D eigenvalue weighted by Gasteiger charge is 2.09. The van der Waals surface area contributed by atoms with Gasteiger partial charge in [0.05, 0.1) is 5.69 Å². The number of nitrogens with zero attached hydrogens (tertiary/aromatic N) is 3. The molecule has 3 rings (SSSR count). The molecule has 0 spiro atoms. The summed E-state index contributed by atoms with van der Waals surface area (Å²) in [5.74, 6) is 1.04. The largest absolute Gasteiger partial charge is 0.444 e. The van der Waals surface area contributed by atoms with Crippen molar-refractivity contribution < 1.29 is 8.81 Å². The van der Waals surface area contributed by atoms with Crippen LogP contribution in [0.4, 0.5) is 4.39 Å². The highest BCUT2D eigenvalue weighted by molar-refractivity contribution is 14.0. The fourth-order valence-electron chi connectivity index (χ4n) is 2.88.